The average Bonchev–Trinajstić information content (AvgIpc) is 3.15. The van der Waals surface area contributed by atoms with Gasteiger partial charge in [0.2, 0.25) is 5.89 Å². The molecule has 2 aromatic carbocycles. The highest BCUT2D eigenvalue weighted by Gasteiger charge is 2.18. The van der Waals surface area contributed by atoms with E-state index < -0.39 is 10.8 Å². The molecule has 1 aliphatic rings. The van der Waals surface area contributed by atoms with Gasteiger partial charge in [0, 0.05) is 22.1 Å². The summed E-state index contributed by atoms with van der Waals surface area (Å²) in [5.41, 5.74) is 3.26. The van der Waals surface area contributed by atoms with Gasteiger partial charge in [-0.1, -0.05) is 37.0 Å². The van der Waals surface area contributed by atoms with Gasteiger partial charge in [-0.25, -0.2) is 4.98 Å². The number of nitrogens with one attached hydrogen (secondary N) is 1. The highest BCUT2D eigenvalue weighted by atomic mass is 32.2. The van der Waals surface area contributed by atoms with Crippen LogP contribution in [-0.2, 0) is 16.6 Å². The van der Waals surface area contributed by atoms with Crippen molar-refractivity contribution in [3.63, 3.8) is 0 Å². The van der Waals surface area contributed by atoms with Crippen LogP contribution in [0.15, 0.2) is 57.8 Å². The number of aryl methyl sites for hydroxylation is 2. The Bertz CT molecular complexity index is 1070. The zero-order valence-corrected chi connectivity index (χ0v) is 18.8. The highest BCUT2D eigenvalue weighted by Crippen LogP contribution is 2.24. The summed E-state index contributed by atoms with van der Waals surface area (Å²) < 4.78 is 18.5. The van der Waals surface area contributed by atoms with Gasteiger partial charge in [-0.15, -0.1) is 0 Å². The Hall–Kier alpha value is -2.73. The van der Waals surface area contributed by atoms with Crippen molar-refractivity contribution in [3.05, 3.63) is 71.1 Å². The molecule has 5 nitrogen and oxygen atoms in total. The van der Waals surface area contributed by atoms with Gasteiger partial charge in [-0.3, -0.25) is 9.00 Å². The molecule has 4 rings (SSSR count). The van der Waals surface area contributed by atoms with Gasteiger partial charge in [0.05, 0.1) is 22.2 Å². The Kier molecular flexibility index (Phi) is 6.66. The number of carbonyl (C=O) groups is 1. The molecule has 1 aliphatic carbocycles. The van der Waals surface area contributed by atoms with E-state index in [-0.39, 0.29) is 11.9 Å². The van der Waals surface area contributed by atoms with Crippen LogP contribution in [0, 0.1) is 13.8 Å². The fourth-order valence-electron chi connectivity index (χ4n) is 3.86. The Morgan fingerprint density at radius 3 is 2.39 bits per heavy atom. The van der Waals surface area contributed by atoms with Crippen molar-refractivity contribution in [1.82, 2.24) is 10.3 Å². The summed E-state index contributed by atoms with van der Waals surface area (Å²) in [4.78, 5) is 17.9. The van der Waals surface area contributed by atoms with E-state index in [0.717, 1.165) is 28.9 Å². The largest absolute Gasteiger partial charge is 0.441 e. The van der Waals surface area contributed by atoms with E-state index in [4.69, 9.17) is 4.42 Å². The minimum Gasteiger partial charge on any atom is -0.441 e. The molecule has 0 bridgehead atoms. The molecule has 0 spiro atoms. The predicted octanol–water partition coefficient (Wildman–Crippen LogP) is 5.33. The highest BCUT2D eigenvalue weighted by molar-refractivity contribution is 7.84. The second kappa shape index (κ2) is 9.60. The molecule has 0 unspecified atom stereocenters. The van der Waals surface area contributed by atoms with E-state index in [0.29, 0.717) is 28.7 Å². The number of carbonyl (C=O) groups excluding carboxylic acids is 1. The van der Waals surface area contributed by atoms with Crippen LogP contribution in [0.5, 0.6) is 0 Å². The summed E-state index contributed by atoms with van der Waals surface area (Å²) in [5.74, 6) is 1.42. The number of amides is 1. The third-order valence-electron chi connectivity index (χ3n) is 5.78. The fourth-order valence-corrected chi connectivity index (χ4v) is 4.99. The van der Waals surface area contributed by atoms with Crippen LogP contribution in [-0.4, -0.2) is 21.1 Å². The maximum Gasteiger partial charge on any atom is 0.251 e. The molecule has 31 heavy (non-hydrogen) atoms. The van der Waals surface area contributed by atoms with Crippen LogP contribution in [0.3, 0.4) is 0 Å². The summed E-state index contributed by atoms with van der Waals surface area (Å²) in [7, 11) is -1.19. The molecule has 1 aromatic heterocycles. The molecule has 0 saturated heterocycles. The molecule has 0 aliphatic heterocycles. The van der Waals surface area contributed by atoms with Crippen molar-refractivity contribution in [2.24, 2.45) is 0 Å². The van der Waals surface area contributed by atoms with Gasteiger partial charge in [-0.05, 0) is 63.1 Å². The zero-order valence-electron chi connectivity index (χ0n) is 18.0. The van der Waals surface area contributed by atoms with E-state index >= 15 is 0 Å². The average molecular weight is 437 g/mol. The molecule has 1 heterocycles. The second-order valence-electron chi connectivity index (χ2n) is 8.21. The minimum absolute atomic E-state index is 0.0313. The first-order valence-electron chi connectivity index (χ1n) is 10.8. The maximum absolute atomic E-state index is 12.7. The van der Waals surface area contributed by atoms with Crippen molar-refractivity contribution in [2.45, 2.75) is 62.6 Å². The number of aromatic nitrogens is 1. The van der Waals surface area contributed by atoms with Crippen LogP contribution >= 0.6 is 0 Å². The van der Waals surface area contributed by atoms with E-state index in [2.05, 4.69) is 10.3 Å². The molecule has 1 amide bonds. The third-order valence-corrected chi connectivity index (χ3v) is 7.11. The van der Waals surface area contributed by atoms with Gasteiger partial charge < -0.3 is 9.73 Å². The Morgan fingerprint density at radius 2 is 1.71 bits per heavy atom. The van der Waals surface area contributed by atoms with Crippen LogP contribution in [0.4, 0.5) is 0 Å². The SMILES string of the molecule is Cc1ccc([S@@](=O)Cc2nc(-c3ccc(C(=O)NC4CCCCC4)cc3)oc2C)cc1. The Labute approximate surface area is 185 Å². The van der Waals surface area contributed by atoms with Crippen molar-refractivity contribution in [3.8, 4) is 11.5 Å². The van der Waals surface area contributed by atoms with Crippen LogP contribution in [0.2, 0.25) is 0 Å². The van der Waals surface area contributed by atoms with Gasteiger partial charge >= 0.3 is 0 Å². The van der Waals surface area contributed by atoms with E-state index in [1.165, 1.54) is 19.3 Å². The van der Waals surface area contributed by atoms with Crippen LogP contribution in [0.1, 0.15) is 59.5 Å². The second-order valence-corrected chi connectivity index (χ2v) is 9.66. The summed E-state index contributed by atoms with van der Waals surface area (Å²) in [6.07, 6.45) is 5.75. The summed E-state index contributed by atoms with van der Waals surface area (Å²) in [6.45, 7) is 3.84. The molecule has 162 valence electrons. The van der Waals surface area contributed by atoms with Gasteiger partial charge in [-0.2, -0.15) is 0 Å². The topological polar surface area (TPSA) is 72.2 Å². The molecule has 1 fully saturated rings. The molecule has 0 radical (unpaired) electrons. The molecule has 1 N–H and O–H groups in total. The normalized spacial score (nSPS) is 15.5. The molecule has 1 atom stereocenters. The summed E-state index contributed by atoms with van der Waals surface area (Å²) in [5, 5.41) is 3.14. The monoisotopic (exact) mass is 436 g/mol. The summed E-state index contributed by atoms with van der Waals surface area (Å²) in [6, 6.07) is 15.3. The summed E-state index contributed by atoms with van der Waals surface area (Å²) >= 11 is 0. The molecule has 1 saturated carbocycles. The first-order valence-corrected chi connectivity index (χ1v) is 12.1. The lowest BCUT2D eigenvalue weighted by atomic mass is 9.95. The standard InChI is InChI=1S/C25H28N2O3S/c1-17-8-14-22(15-9-17)31(29)16-23-18(2)30-25(27-23)20-12-10-19(11-13-20)24(28)26-21-6-4-3-5-7-21/h8-15,21H,3-7,16H2,1-2H3,(H,26,28)/t31-/m0/s1. The van der Waals surface area contributed by atoms with Crippen molar-refractivity contribution >= 4 is 16.7 Å². The molecule has 6 heteroatoms. The van der Waals surface area contributed by atoms with E-state index in [1.54, 1.807) is 12.1 Å². The van der Waals surface area contributed by atoms with Crippen molar-refractivity contribution in [2.75, 3.05) is 0 Å². The minimum atomic E-state index is -1.19. The maximum atomic E-state index is 12.7. The number of hydrogen-bond donors (Lipinski definition) is 1. The van der Waals surface area contributed by atoms with Crippen LogP contribution < -0.4 is 5.32 Å². The van der Waals surface area contributed by atoms with Crippen LogP contribution in [0.25, 0.3) is 11.5 Å². The third kappa shape index (κ3) is 5.31. The lowest BCUT2D eigenvalue weighted by molar-refractivity contribution is 0.0927. The quantitative estimate of drug-likeness (QED) is 0.567. The molecular weight excluding hydrogens is 408 g/mol. The molecule has 3 aromatic rings. The Morgan fingerprint density at radius 1 is 1.03 bits per heavy atom. The van der Waals surface area contributed by atoms with E-state index in [1.807, 2.05) is 50.2 Å². The predicted molar refractivity (Wildman–Crippen MR) is 122 cm³/mol. The van der Waals surface area contributed by atoms with Gasteiger partial charge in [0.15, 0.2) is 0 Å². The number of oxazole rings is 1. The lowest BCUT2D eigenvalue weighted by Gasteiger charge is -2.22. The first-order chi connectivity index (χ1) is 15.0. The number of hydrogen-bond acceptors (Lipinski definition) is 4. The smallest absolute Gasteiger partial charge is 0.251 e. The molecular formula is C25H28N2O3S. The number of benzene rings is 2. The van der Waals surface area contributed by atoms with Crippen molar-refractivity contribution < 1.29 is 13.4 Å². The van der Waals surface area contributed by atoms with Crippen molar-refractivity contribution in [1.29, 1.82) is 0 Å². The lowest BCUT2D eigenvalue weighted by Crippen LogP contribution is -2.36. The Balaban J connectivity index is 1.43. The first kappa shape index (κ1) is 21.5. The number of rotatable bonds is 6. The fraction of sp³-hybridized carbons (Fsp3) is 0.360. The van der Waals surface area contributed by atoms with E-state index in [9.17, 15) is 9.00 Å². The zero-order chi connectivity index (χ0) is 21.8. The van der Waals surface area contributed by atoms with Gasteiger partial charge in [0.25, 0.3) is 5.91 Å². The number of nitrogens with zero attached hydrogens (tertiary/aromatic N) is 1. The van der Waals surface area contributed by atoms with Gasteiger partial charge in [0.1, 0.15) is 5.76 Å².